The van der Waals surface area contributed by atoms with Crippen molar-refractivity contribution in [2.24, 2.45) is 0 Å². The molecule has 1 nitrogen and oxygen atoms in total. The molecule has 1 aromatic rings. The van der Waals surface area contributed by atoms with Crippen LogP contribution < -0.4 is 0 Å². The maximum Gasteiger partial charge on any atom is 0.281 e. The first kappa shape index (κ1) is 11.3. The first-order chi connectivity index (χ1) is 6.06. The molecule has 1 aromatic heterocycles. The smallest absolute Gasteiger partial charge is 0.234 e. The molecule has 1 heterocycles. The van der Waals surface area contributed by atoms with Gasteiger partial charge in [0.15, 0.2) is 0 Å². The summed E-state index contributed by atoms with van der Waals surface area (Å²) >= 11 is 11.8. The Morgan fingerprint density at radius 3 is 2.62 bits per heavy atom. The number of pyridine rings is 1. The van der Waals surface area contributed by atoms with Crippen LogP contribution in [0.4, 0.5) is 8.78 Å². The van der Waals surface area contributed by atoms with Crippen LogP contribution in [0.15, 0.2) is 10.5 Å². The van der Waals surface area contributed by atoms with Crippen LogP contribution >= 0.6 is 43.5 Å². The zero-order chi connectivity index (χ0) is 10.0. The molecule has 1 rings (SSSR count). The molecule has 0 amide bonds. The van der Waals surface area contributed by atoms with Gasteiger partial charge in [-0.05, 0) is 22.0 Å². The molecular formula is C7H4Br2ClF2N. The third-order valence-corrected chi connectivity index (χ3v) is 2.95. The van der Waals surface area contributed by atoms with E-state index in [9.17, 15) is 8.78 Å². The molecular weight excluding hydrogens is 331 g/mol. The van der Waals surface area contributed by atoms with Gasteiger partial charge >= 0.3 is 0 Å². The van der Waals surface area contributed by atoms with E-state index >= 15 is 0 Å². The number of nitrogens with zero attached hydrogens (tertiary/aromatic N) is 1. The van der Waals surface area contributed by atoms with Crippen LogP contribution in [0, 0.1) is 0 Å². The lowest BCUT2D eigenvalue weighted by Gasteiger charge is -2.05. The third kappa shape index (κ3) is 2.60. The van der Waals surface area contributed by atoms with Gasteiger partial charge in [0.25, 0.3) is 6.43 Å². The van der Waals surface area contributed by atoms with E-state index in [4.69, 9.17) is 11.6 Å². The monoisotopic (exact) mass is 333 g/mol. The third-order valence-electron chi connectivity index (χ3n) is 1.38. The molecule has 0 atom stereocenters. The summed E-state index contributed by atoms with van der Waals surface area (Å²) in [5.74, 6) is 0. The van der Waals surface area contributed by atoms with Crippen molar-refractivity contribution in [1.82, 2.24) is 4.98 Å². The second-order valence-electron chi connectivity index (χ2n) is 2.24. The minimum Gasteiger partial charge on any atom is -0.234 e. The standard InChI is InChI=1S/C7H4Br2ClF2N/c8-2-3-1-4(9)5(7(11)12)13-6(3)10/h1,7H,2H2. The fourth-order valence-electron chi connectivity index (χ4n) is 0.764. The summed E-state index contributed by atoms with van der Waals surface area (Å²) in [6.07, 6.45) is -2.61. The molecule has 0 aromatic carbocycles. The lowest BCUT2D eigenvalue weighted by molar-refractivity contribution is 0.145. The van der Waals surface area contributed by atoms with Gasteiger partial charge in [-0.1, -0.05) is 27.5 Å². The van der Waals surface area contributed by atoms with Crippen LogP contribution in [0.25, 0.3) is 0 Å². The predicted octanol–water partition coefficient (Wildman–Crippen LogP) is 4.33. The predicted molar refractivity (Wildman–Crippen MR) is 54.5 cm³/mol. The van der Waals surface area contributed by atoms with E-state index in [-0.39, 0.29) is 15.3 Å². The number of halogens is 5. The van der Waals surface area contributed by atoms with E-state index < -0.39 is 6.43 Å². The zero-order valence-electron chi connectivity index (χ0n) is 6.20. The maximum atomic E-state index is 12.3. The molecule has 0 aliphatic carbocycles. The van der Waals surface area contributed by atoms with Crippen molar-refractivity contribution >= 4 is 43.5 Å². The molecule has 0 aliphatic rings. The van der Waals surface area contributed by atoms with E-state index in [0.29, 0.717) is 10.9 Å². The Hall–Kier alpha value is 0.260. The molecule has 72 valence electrons. The molecule has 0 bridgehead atoms. The molecule has 0 fully saturated rings. The normalized spacial score (nSPS) is 10.9. The topological polar surface area (TPSA) is 12.9 Å². The highest BCUT2D eigenvalue weighted by molar-refractivity contribution is 9.10. The van der Waals surface area contributed by atoms with Crippen molar-refractivity contribution < 1.29 is 8.78 Å². The Labute approximate surface area is 95.8 Å². The number of hydrogen-bond donors (Lipinski definition) is 0. The van der Waals surface area contributed by atoms with Crippen LogP contribution in [0.2, 0.25) is 5.15 Å². The minimum atomic E-state index is -2.61. The van der Waals surface area contributed by atoms with Gasteiger partial charge in [-0.3, -0.25) is 0 Å². The zero-order valence-corrected chi connectivity index (χ0v) is 10.1. The molecule has 13 heavy (non-hydrogen) atoms. The molecule has 0 aliphatic heterocycles. The van der Waals surface area contributed by atoms with Crippen LogP contribution in [-0.2, 0) is 5.33 Å². The van der Waals surface area contributed by atoms with Crippen molar-refractivity contribution in [2.75, 3.05) is 0 Å². The summed E-state index contributed by atoms with van der Waals surface area (Å²) in [4.78, 5) is 3.58. The Morgan fingerprint density at radius 1 is 1.54 bits per heavy atom. The second kappa shape index (κ2) is 4.66. The van der Waals surface area contributed by atoms with Gasteiger partial charge < -0.3 is 0 Å². The van der Waals surface area contributed by atoms with Crippen LogP contribution in [0.1, 0.15) is 17.7 Å². The molecule has 0 N–H and O–H groups in total. The second-order valence-corrected chi connectivity index (χ2v) is 4.01. The number of aromatic nitrogens is 1. The molecule has 0 saturated carbocycles. The van der Waals surface area contributed by atoms with Gasteiger partial charge in [0.2, 0.25) is 0 Å². The highest BCUT2D eigenvalue weighted by Gasteiger charge is 2.15. The van der Waals surface area contributed by atoms with Crippen molar-refractivity contribution in [2.45, 2.75) is 11.8 Å². The van der Waals surface area contributed by atoms with E-state index in [2.05, 4.69) is 36.8 Å². The van der Waals surface area contributed by atoms with E-state index in [1.807, 2.05) is 0 Å². The van der Waals surface area contributed by atoms with Crippen molar-refractivity contribution in [3.8, 4) is 0 Å². The fraction of sp³-hybridized carbons (Fsp3) is 0.286. The average molecular weight is 335 g/mol. The Morgan fingerprint density at radius 2 is 2.15 bits per heavy atom. The van der Waals surface area contributed by atoms with Crippen molar-refractivity contribution in [1.29, 1.82) is 0 Å². The molecule has 6 heteroatoms. The summed E-state index contributed by atoms with van der Waals surface area (Å²) in [5.41, 5.74) is 0.354. The van der Waals surface area contributed by atoms with E-state index in [0.717, 1.165) is 0 Å². The lowest BCUT2D eigenvalue weighted by atomic mass is 10.3. The number of rotatable bonds is 2. The molecule has 0 saturated heterocycles. The van der Waals surface area contributed by atoms with E-state index in [1.165, 1.54) is 6.07 Å². The Balaban J connectivity index is 3.20. The summed E-state index contributed by atoms with van der Waals surface area (Å²) in [5, 5.41) is 0.594. The van der Waals surface area contributed by atoms with Crippen LogP contribution in [-0.4, -0.2) is 4.98 Å². The lowest BCUT2D eigenvalue weighted by Crippen LogP contribution is -1.95. The van der Waals surface area contributed by atoms with Gasteiger partial charge in [0.1, 0.15) is 10.8 Å². The first-order valence-electron chi connectivity index (χ1n) is 3.25. The SMILES string of the molecule is FC(F)c1nc(Cl)c(CBr)cc1Br. The maximum absolute atomic E-state index is 12.3. The fourth-order valence-corrected chi connectivity index (χ4v) is 2.10. The molecule has 0 radical (unpaired) electrons. The van der Waals surface area contributed by atoms with Crippen LogP contribution in [0.5, 0.6) is 0 Å². The summed E-state index contributed by atoms with van der Waals surface area (Å²) < 4.78 is 24.8. The summed E-state index contributed by atoms with van der Waals surface area (Å²) in [6, 6.07) is 1.53. The minimum absolute atomic E-state index is 0.107. The van der Waals surface area contributed by atoms with E-state index in [1.54, 1.807) is 0 Å². The number of hydrogen-bond acceptors (Lipinski definition) is 1. The molecule has 0 unspecified atom stereocenters. The van der Waals surface area contributed by atoms with Gasteiger partial charge in [-0.25, -0.2) is 13.8 Å². The first-order valence-corrected chi connectivity index (χ1v) is 5.54. The van der Waals surface area contributed by atoms with Gasteiger partial charge in [0.05, 0.1) is 0 Å². The van der Waals surface area contributed by atoms with Crippen LogP contribution in [0.3, 0.4) is 0 Å². The highest BCUT2D eigenvalue weighted by Crippen LogP contribution is 2.29. The average Bonchev–Trinajstić information content (AvgIpc) is 2.07. The Kier molecular flexibility index (Phi) is 4.06. The highest BCUT2D eigenvalue weighted by atomic mass is 79.9. The van der Waals surface area contributed by atoms with Gasteiger partial charge in [-0.2, -0.15) is 0 Å². The largest absolute Gasteiger partial charge is 0.281 e. The summed E-state index contributed by atoms with van der Waals surface area (Å²) in [7, 11) is 0. The molecule has 0 spiro atoms. The Bertz CT molecular complexity index is 320. The van der Waals surface area contributed by atoms with Crippen molar-refractivity contribution in [3.05, 3.63) is 26.9 Å². The van der Waals surface area contributed by atoms with Crippen molar-refractivity contribution in [3.63, 3.8) is 0 Å². The number of alkyl halides is 3. The summed E-state index contributed by atoms with van der Waals surface area (Å²) in [6.45, 7) is 0. The van der Waals surface area contributed by atoms with Gasteiger partial charge in [0, 0.05) is 15.4 Å². The quantitative estimate of drug-likeness (QED) is 0.579. The van der Waals surface area contributed by atoms with Gasteiger partial charge in [-0.15, -0.1) is 0 Å².